The van der Waals surface area contributed by atoms with Crippen LogP contribution in [0.2, 0.25) is 5.02 Å². The maximum atomic E-state index is 12.5. The van der Waals surface area contributed by atoms with Crippen LogP contribution in [0.1, 0.15) is 5.56 Å². The molecule has 0 fully saturated rings. The van der Waals surface area contributed by atoms with Crippen LogP contribution >= 0.6 is 11.6 Å². The Morgan fingerprint density at radius 2 is 1.72 bits per heavy atom. The molecule has 0 aromatic heterocycles. The molecule has 9 heteroatoms. The number of rotatable bonds is 10. The molecule has 0 bridgehead atoms. The van der Waals surface area contributed by atoms with E-state index in [1.807, 2.05) is 30.3 Å². The molecule has 3 aromatic carbocycles. The van der Waals surface area contributed by atoms with Crippen molar-refractivity contribution in [2.45, 2.75) is 11.3 Å². The van der Waals surface area contributed by atoms with Gasteiger partial charge in [-0.2, -0.15) is 0 Å². The molecule has 1 amide bonds. The van der Waals surface area contributed by atoms with Crippen molar-refractivity contribution in [3.05, 3.63) is 83.4 Å². The summed E-state index contributed by atoms with van der Waals surface area (Å²) >= 11 is 5.95. The van der Waals surface area contributed by atoms with Gasteiger partial charge in [-0.1, -0.05) is 41.9 Å². The first-order valence-corrected chi connectivity index (χ1v) is 11.6. The van der Waals surface area contributed by atoms with Gasteiger partial charge in [0.25, 0.3) is 5.91 Å². The first kappa shape index (κ1) is 23.6. The summed E-state index contributed by atoms with van der Waals surface area (Å²) in [6.07, 6.45) is 0.591. The van der Waals surface area contributed by atoms with Crippen LogP contribution in [-0.2, 0) is 21.2 Å². The van der Waals surface area contributed by atoms with Crippen molar-refractivity contribution < 1.29 is 22.7 Å². The highest BCUT2D eigenvalue weighted by atomic mass is 35.5. The fraction of sp³-hybridized carbons (Fsp3) is 0.174. The molecule has 7 nitrogen and oxygen atoms in total. The van der Waals surface area contributed by atoms with Crippen LogP contribution in [0, 0.1) is 0 Å². The van der Waals surface area contributed by atoms with Crippen LogP contribution in [0.3, 0.4) is 0 Å². The second-order valence-corrected chi connectivity index (χ2v) is 8.99. The number of halogens is 1. The monoisotopic (exact) mass is 474 g/mol. The van der Waals surface area contributed by atoms with Gasteiger partial charge in [0.2, 0.25) is 10.0 Å². The van der Waals surface area contributed by atoms with E-state index in [0.29, 0.717) is 28.6 Å². The highest BCUT2D eigenvalue weighted by Gasteiger charge is 2.14. The van der Waals surface area contributed by atoms with Crippen LogP contribution in [0.4, 0.5) is 5.69 Å². The normalized spacial score (nSPS) is 11.1. The number of anilines is 1. The molecule has 0 atom stereocenters. The molecule has 0 saturated carbocycles. The third kappa shape index (κ3) is 6.71. The van der Waals surface area contributed by atoms with E-state index in [1.54, 1.807) is 18.2 Å². The Balaban J connectivity index is 1.51. The average Bonchev–Trinajstić information content (AvgIpc) is 2.79. The number of hydrogen-bond acceptors (Lipinski definition) is 5. The molecule has 3 aromatic rings. The third-order valence-corrected chi connectivity index (χ3v) is 6.20. The lowest BCUT2D eigenvalue weighted by molar-refractivity contribution is -0.118. The number of sulfonamides is 1. The Labute approximate surface area is 192 Å². The van der Waals surface area contributed by atoms with Crippen molar-refractivity contribution in [2.24, 2.45) is 0 Å². The lowest BCUT2D eigenvalue weighted by Crippen LogP contribution is -2.26. The molecule has 0 radical (unpaired) electrons. The van der Waals surface area contributed by atoms with Crippen molar-refractivity contribution in [1.82, 2.24) is 4.72 Å². The molecule has 3 rings (SSSR count). The van der Waals surface area contributed by atoms with E-state index in [4.69, 9.17) is 21.1 Å². The molecule has 0 unspecified atom stereocenters. The zero-order valence-electron chi connectivity index (χ0n) is 17.4. The van der Waals surface area contributed by atoms with E-state index in [2.05, 4.69) is 10.0 Å². The maximum absolute atomic E-state index is 12.5. The number of carbonyl (C=O) groups is 1. The molecular formula is C23H23ClN2O5S. The summed E-state index contributed by atoms with van der Waals surface area (Å²) in [5.41, 5.74) is 1.48. The van der Waals surface area contributed by atoms with Crippen LogP contribution in [0.5, 0.6) is 11.5 Å². The largest absolute Gasteiger partial charge is 0.495 e. The van der Waals surface area contributed by atoms with Crippen molar-refractivity contribution in [2.75, 3.05) is 25.6 Å². The summed E-state index contributed by atoms with van der Waals surface area (Å²) in [6.45, 7) is 0.0226. The first-order valence-electron chi connectivity index (χ1n) is 9.77. The van der Waals surface area contributed by atoms with Gasteiger partial charge >= 0.3 is 0 Å². The number of ether oxygens (including phenoxy) is 2. The van der Waals surface area contributed by atoms with Gasteiger partial charge in [0.1, 0.15) is 11.5 Å². The summed E-state index contributed by atoms with van der Waals surface area (Å²) < 4.78 is 38.1. The molecule has 0 heterocycles. The molecular weight excluding hydrogens is 452 g/mol. The lowest BCUT2D eigenvalue weighted by Gasteiger charge is -2.12. The topological polar surface area (TPSA) is 93.7 Å². The van der Waals surface area contributed by atoms with E-state index in [1.165, 1.54) is 31.4 Å². The van der Waals surface area contributed by atoms with Crippen molar-refractivity contribution in [1.29, 1.82) is 0 Å². The maximum Gasteiger partial charge on any atom is 0.262 e. The Morgan fingerprint density at radius 3 is 2.41 bits per heavy atom. The number of benzene rings is 3. The van der Waals surface area contributed by atoms with Gasteiger partial charge in [-0.15, -0.1) is 0 Å². The lowest BCUT2D eigenvalue weighted by atomic mass is 10.2. The zero-order valence-corrected chi connectivity index (χ0v) is 18.9. The van der Waals surface area contributed by atoms with Gasteiger partial charge in [0.05, 0.1) is 17.7 Å². The second-order valence-electron chi connectivity index (χ2n) is 6.79. The first-order chi connectivity index (χ1) is 15.4. The molecule has 32 heavy (non-hydrogen) atoms. The standard InChI is InChI=1S/C23H23ClN2O5S/c1-30-22-12-7-18(24)15-21(22)26-23(27)16-31-19-8-10-20(11-9-19)32(28,29)25-14-13-17-5-3-2-4-6-17/h2-12,15,25H,13-14,16H2,1H3,(H,26,27). The number of amides is 1. The van der Waals surface area contributed by atoms with Gasteiger partial charge in [-0.3, -0.25) is 4.79 Å². The second kappa shape index (κ2) is 11.0. The number of carbonyl (C=O) groups excluding carboxylic acids is 1. The van der Waals surface area contributed by atoms with Crippen molar-refractivity contribution in [3.8, 4) is 11.5 Å². The number of methoxy groups -OCH3 is 1. The summed E-state index contributed by atoms with van der Waals surface area (Å²) in [5, 5.41) is 3.12. The van der Waals surface area contributed by atoms with E-state index in [0.717, 1.165) is 5.56 Å². The SMILES string of the molecule is COc1ccc(Cl)cc1NC(=O)COc1ccc(S(=O)(=O)NCCc2ccccc2)cc1. The molecule has 0 saturated heterocycles. The van der Waals surface area contributed by atoms with Crippen molar-refractivity contribution in [3.63, 3.8) is 0 Å². The van der Waals surface area contributed by atoms with E-state index < -0.39 is 15.9 Å². The smallest absolute Gasteiger partial charge is 0.262 e. The average molecular weight is 475 g/mol. The minimum absolute atomic E-state index is 0.117. The van der Waals surface area contributed by atoms with Crippen LogP contribution < -0.4 is 19.5 Å². The van der Waals surface area contributed by atoms with Gasteiger partial charge in [0.15, 0.2) is 6.61 Å². The summed E-state index contributed by atoms with van der Waals surface area (Å²) in [7, 11) is -2.15. The predicted octanol–water partition coefficient (Wildman–Crippen LogP) is 3.89. The molecule has 0 spiro atoms. The Bertz CT molecular complexity index is 1150. The molecule has 0 aliphatic heterocycles. The Kier molecular flexibility index (Phi) is 8.10. The quantitative estimate of drug-likeness (QED) is 0.465. The van der Waals surface area contributed by atoms with E-state index in [-0.39, 0.29) is 18.0 Å². The van der Waals surface area contributed by atoms with Gasteiger partial charge in [-0.05, 0) is 54.4 Å². The molecule has 168 valence electrons. The number of hydrogen-bond donors (Lipinski definition) is 2. The van der Waals surface area contributed by atoms with E-state index in [9.17, 15) is 13.2 Å². The van der Waals surface area contributed by atoms with Gasteiger partial charge in [-0.25, -0.2) is 13.1 Å². The predicted molar refractivity (Wildman–Crippen MR) is 124 cm³/mol. The summed E-state index contributed by atoms with van der Waals surface area (Å²) in [4.78, 5) is 12.3. The zero-order chi connectivity index (χ0) is 23.0. The Morgan fingerprint density at radius 1 is 1.00 bits per heavy atom. The third-order valence-electron chi connectivity index (χ3n) is 4.49. The van der Waals surface area contributed by atoms with Crippen molar-refractivity contribution >= 4 is 33.2 Å². The molecule has 2 N–H and O–H groups in total. The van der Waals surface area contributed by atoms with E-state index >= 15 is 0 Å². The summed E-state index contributed by atoms with van der Waals surface area (Å²) in [5.74, 6) is 0.420. The van der Waals surface area contributed by atoms with Crippen LogP contribution in [0.15, 0.2) is 77.7 Å². The van der Waals surface area contributed by atoms with Crippen LogP contribution in [-0.4, -0.2) is 34.6 Å². The fourth-order valence-electron chi connectivity index (χ4n) is 2.89. The molecule has 0 aliphatic rings. The summed E-state index contributed by atoms with van der Waals surface area (Å²) in [6, 6.07) is 20.3. The van der Waals surface area contributed by atoms with Gasteiger partial charge < -0.3 is 14.8 Å². The fourth-order valence-corrected chi connectivity index (χ4v) is 4.09. The molecule has 0 aliphatic carbocycles. The Hall–Kier alpha value is -3.07. The minimum atomic E-state index is -3.64. The van der Waals surface area contributed by atoms with Crippen LogP contribution in [0.25, 0.3) is 0 Å². The minimum Gasteiger partial charge on any atom is -0.495 e. The highest BCUT2D eigenvalue weighted by Crippen LogP contribution is 2.27. The van der Waals surface area contributed by atoms with Gasteiger partial charge in [0, 0.05) is 11.6 Å². The number of nitrogens with one attached hydrogen (secondary N) is 2. The highest BCUT2D eigenvalue weighted by molar-refractivity contribution is 7.89.